The summed E-state index contributed by atoms with van der Waals surface area (Å²) in [4.78, 5) is 36.6. The summed E-state index contributed by atoms with van der Waals surface area (Å²) >= 11 is 0. The molecular weight excluding hydrogens is 339 g/mol. The van der Waals surface area contributed by atoms with Gasteiger partial charge in [-0.15, -0.1) is 0 Å². The van der Waals surface area contributed by atoms with E-state index in [4.69, 9.17) is 5.11 Å². The normalized spacial score (nSPS) is 14.9. The second kappa shape index (κ2) is 9.89. The first-order chi connectivity index (χ1) is 12.5. The van der Waals surface area contributed by atoms with Gasteiger partial charge < -0.3 is 15.3 Å². The van der Waals surface area contributed by atoms with Gasteiger partial charge in [-0.1, -0.05) is 12.1 Å². The van der Waals surface area contributed by atoms with Gasteiger partial charge in [-0.25, -0.2) is 4.39 Å². The summed E-state index contributed by atoms with van der Waals surface area (Å²) in [5.74, 6) is -1.28. The number of likely N-dealkylation sites (tertiary alicyclic amines) is 1. The highest BCUT2D eigenvalue weighted by Gasteiger charge is 2.26. The van der Waals surface area contributed by atoms with E-state index in [1.54, 1.807) is 17.0 Å². The third kappa shape index (κ3) is 6.46. The van der Waals surface area contributed by atoms with Crippen LogP contribution < -0.4 is 5.32 Å². The molecule has 2 N–H and O–H groups in total. The lowest BCUT2D eigenvalue weighted by Crippen LogP contribution is -2.42. The topological polar surface area (TPSA) is 86.7 Å². The third-order valence-electron chi connectivity index (χ3n) is 4.63. The molecule has 6 nitrogen and oxygen atoms in total. The molecule has 0 bridgehead atoms. The lowest BCUT2D eigenvalue weighted by molar-refractivity contribution is -0.138. The molecule has 26 heavy (non-hydrogen) atoms. The van der Waals surface area contributed by atoms with Crippen molar-refractivity contribution >= 4 is 17.8 Å². The molecule has 1 aromatic carbocycles. The number of aliphatic carboxylic acids is 1. The first kappa shape index (κ1) is 19.9. The van der Waals surface area contributed by atoms with Crippen LogP contribution in [0.4, 0.5) is 4.39 Å². The van der Waals surface area contributed by atoms with E-state index < -0.39 is 5.97 Å². The van der Waals surface area contributed by atoms with Crippen LogP contribution in [-0.4, -0.2) is 40.9 Å². The van der Waals surface area contributed by atoms with Crippen LogP contribution in [0.25, 0.3) is 0 Å². The molecule has 7 heteroatoms. The Labute approximate surface area is 152 Å². The van der Waals surface area contributed by atoms with E-state index in [9.17, 15) is 18.8 Å². The Balaban J connectivity index is 1.66. The summed E-state index contributed by atoms with van der Waals surface area (Å²) in [6, 6.07) is 6.01. The average molecular weight is 364 g/mol. The second-order valence-electron chi connectivity index (χ2n) is 6.60. The number of carboxylic acids is 1. The molecule has 1 aliphatic rings. The van der Waals surface area contributed by atoms with E-state index in [0.29, 0.717) is 51.7 Å². The van der Waals surface area contributed by atoms with Crippen LogP contribution in [0, 0.1) is 11.7 Å². The van der Waals surface area contributed by atoms with Gasteiger partial charge in [0, 0.05) is 38.4 Å². The van der Waals surface area contributed by atoms with Crippen molar-refractivity contribution in [3.63, 3.8) is 0 Å². The Bertz CT molecular complexity index is 625. The fraction of sp³-hybridized carbons (Fsp3) is 0.526. The van der Waals surface area contributed by atoms with Crippen molar-refractivity contribution in [2.75, 3.05) is 13.1 Å². The van der Waals surface area contributed by atoms with Gasteiger partial charge in [0.25, 0.3) is 0 Å². The lowest BCUT2D eigenvalue weighted by atomic mass is 9.95. The largest absolute Gasteiger partial charge is 0.481 e. The minimum Gasteiger partial charge on any atom is -0.481 e. The highest BCUT2D eigenvalue weighted by Crippen LogP contribution is 2.19. The molecule has 0 unspecified atom stereocenters. The number of carbonyl (C=O) groups excluding carboxylic acids is 2. The summed E-state index contributed by atoms with van der Waals surface area (Å²) < 4.78 is 12.9. The van der Waals surface area contributed by atoms with Crippen LogP contribution in [-0.2, 0) is 20.9 Å². The molecule has 1 fully saturated rings. The first-order valence-electron chi connectivity index (χ1n) is 8.97. The third-order valence-corrected chi connectivity index (χ3v) is 4.63. The number of hydrogen-bond acceptors (Lipinski definition) is 3. The number of carbonyl (C=O) groups is 3. The predicted molar refractivity (Wildman–Crippen MR) is 93.7 cm³/mol. The molecule has 0 radical (unpaired) electrons. The highest BCUT2D eigenvalue weighted by atomic mass is 19.1. The Kier molecular flexibility index (Phi) is 7.56. The Hall–Kier alpha value is -2.44. The number of halogens is 1. The molecular formula is C19H25FN2O4. The van der Waals surface area contributed by atoms with Gasteiger partial charge in [-0.05, 0) is 43.4 Å². The first-order valence-corrected chi connectivity index (χ1v) is 8.97. The number of nitrogens with zero attached hydrogens (tertiary/aromatic N) is 1. The van der Waals surface area contributed by atoms with E-state index in [-0.39, 0.29) is 30.0 Å². The van der Waals surface area contributed by atoms with Gasteiger partial charge in [0.2, 0.25) is 11.8 Å². The van der Waals surface area contributed by atoms with Crippen LogP contribution in [0.5, 0.6) is 0 Å². The van der Waals surface area contributed by atoms with Crippen LogP contribution >= 0.6 is 0 Å². The molecule has 1 saturated heterocycles. The van der Waals surface area contributed by atoms with Gasteiger partial charge in [-0.2, -0.15) is 0 Å². The molecule has 0 aliphatic carbocycles. The zero-order valence-corrected chi connectivity index (χ0v) is 14.7. The Morgan fingerprint density at radius 1 is 1.08 bits per heavy atom. The maximum atomic E-state index is 12.9. The van der Waals surface area contributed by atoms with Crippen LogP contribution in [0.15, 0.2) is 24.3 Å². The van der Waals surface area contributed by atoms with Crippen LogP contribution in [0.1, 0.15) is 44.1 Å². The Morgan fingerprint density at radius 2 is 1.69 bits per heavy atom. The van der Waals surface area contributed by atoms with Crippen molar-refractivity contribution < 1.29 is 23.9 Å². The summed E-state index contributed by atoms with van der Waals surface area (Å²) in [5.41, 5.74) is 0.841. The summed E-state index contributed by atoms with van der Waals surface area (Å²) in [5, 5.41) is 11.5. The van der Waals surface area contributed by atoms with E-state index in [2.05, 4.69) is 5.32 Å². The smallest absolute Gasteiger partial charge is 0.303 e. The van der Waals surface area contributed by atoms with E-state index in [0.717, 1.165) is 5.56 Å². The minimum absolute atomic E-state index is 0.0283. The molecule has 1 aromatic rings. The van der Waals surface area contributed by atoms with Gasteiger partial charge >= 0.3 is 5.97 Å². The van der Waals surface area contributed by atoms with Gasteiger partial charge in [0.15, 0.2) is 0 Å². The molecule has 0 saturated carbocycles. The van der Waals surface area contributed by atoms with E-state index in [1.165, 1.54) is 12.1 Å². The number of benzene rings is 1. The average Bonchev–Trinajstić information content (AvgIpc) is 2.64. The van der Waals surface area contributed by atoms with Crippen molar-refractivity contribution in [1.29, 1.82) is 0 Å². The standard InChI is InChI=1S/C19H25FN2O4/c20-16-7-5-14(6-8-16)13-21-19(26)15-9-11-22(12-10-15)17(23)3-1-2-4-18(24)25/h5-8,15H,1-4,9-13H2,(H,21,26)(H,24,25). The SMILES string of the molecule is O=C(O)CCCCC(=O)N1CCC(C(=O)NCc2ccc(F)cc2)CC1. The quantitative estimate of drug-likeness (QED) is 0.693. The fourth-order valence-corrected chi connectivity index (χ4v) is 3.04. The molecule has 1 aliphatic heterocycles. The molecule has 2 amide bonds. The molecule has 2 rings (SSSR count). The number of unbranched alkanes of at least 4 members (excludes halogenated alkanes) is 1. The zero-order valence-electron chi connectivity index (χ0n) is 14.7. The van der Waals surface area contributed by atoms with Gasteiger partial charge in [0.1, 0.15) is 5.82 Å². The maximum absolute atomic E-state index is 12.9. The predicted octanol–water partition coefficient (Wildman–Crippen LogP) is 2.33. The number of nitrogens with one attached hydrogen (secondary N) is 1. The van der Waals surface area contributed by atoms with Crippen molar-refractivity contribution in [3.8, 4) is 0 Å². The summed E-state index contributed by atoms with van der Waals surface area (Å²) in [6.45, 7) is 1.46. The lowest BCUT2D eigenvalue weighted by Gasteiger charge is -2.31. The molecule has 0 atom stereocenters. The number of rotatable bonds is 8. The molecule has 142 valence electrons. The van der Waals surface area contributed by atoms with Crippen molar-refractivity contribution in [2.24, 2.45) is 5.92 Å². The zero-order chi connectivity index (χ0) is 18.9. The number of piperidine rings is 1. The second-order valence-corrected chi connectivity index (χ2v) is 6.60. The van der Waals surface area contributed by atoms with Gasteiger partial charge in [-0.3, -0.25) is 14.4 Å². The molecule has 0 aromatic heterocycles. The van der Waals surface area contributed by atoms with E-state index in [1.807, 2.05) is 0 Å². The highest BCUT2D eigenvalue weighted by molar-refractivity contribution is 5.80. The summed E-state index contributed by atoms with van der Waals surface area (Å²) in [6.07, 6.45) is 2.76. The maximum Gasteiger partial charge on any atom is 0.303 e. The minimum atomic E-state index is -0.843. The Morgan fingerprint density at radius 3 is 2.31 bits per heavy atom. The van der Waals surface area contributed by atoms with Crippen LogP contribution in [0.2, 0.25) is 0 Å². The van der Waals surface area contributed by atoms with Crippen LogP contribution in [0.3, 0.4) is 0 Å². The van der Waals surface area contributed by atoms with Gasteiger partial charge in [0.05, 0.1) is 0 Å². The van der Waals surface area contributed by atoms with Crippen molar-refractivity contribution in [3.05, 3.63) is 35.6 Å². The van der Waals surface area contributed by atoms with Crippen molar-refractivity contribution in [2.45, 2.75) is 45.1 Å². The summed E-state index contributed by atoms with van der Waals surface area (Å²) in [7, 11) is 0. The fourth-order valence-electron chi connectivity index (χ4n) is 3.04. The molecule has 0 spiro atoms. The molecule has 1 heterocycles. The number of amides is 2. The van der Waals surface area contributed by atoms with Crippen molar-refractivity contribution in [1.82, 2.24) is 10.2 Å². The van der Waals surface area contributed by atoms with E-state index >= 15 is 0 Å². The number of carboxylic acid groups (broad SMARTS) is 1. The monoisotopic (exact) mass is 364 g/mol. The number of hydrogen-bond donors (Lipinski definition) is 2.